The molecule has 2 aromatic rings. The number of aromatic nitrogens is 2. The van der Waals surface area contributed by atoms with E-state index in [-0.39, 0.29) is 24.1 Å². The maximum absolute atomic E-state index is 13.4. The maximum Gasteiger partial charge on any atom is 0.410 e. The van der Waals surface area contributed by atoms with Crippen molar-refractivity contribution in [2.75, 3.05) is 6.54 Å². The zero-order valence-corrected chi connectivity index (χ0v) is 22.8. The number of rotatable bonds is 5. The second kappa shape index (κ2) is 12.0. The molecule has 1 aromatic carbocycles. The van der Waals surface area contributed by atoms with Gasteiger partial charge in [-0.1, -0.05) is 11.6 Å². The lowest BCUT2D eigenvalue weighted by Gasteiger charge is -2.36. The Morgan fingerprint density at radius 2 is 1.89 bits per heavy atom. The molecule has 1 aliphatic carbocycles. The first-order chi connectivity index (χ1) is 18.1. The van der Waals surface area contributed by atoms with Gasteiger partial charge in [0, 0.05) is 18.7 Å². The molecule has 1 N–H and O–H groups in total. The molecule has 9 nitrogen and oxygen atoms in total. The highest BCUT2D eigenvalue weighted by Gasteiger charge is 2.35. The molecule has 1 unspecified atom stereocenters. The van der Waals surface area contributed by atoms with Gasteiger partial charge in [0.1, 0.15) is 17.4 Å². The number of ether oxygens (including phenoxy) is 2. The zero-order valence-electron chi connectivity index (χ0n) is 22.1. The second-order valence-electron chi connectivity index (χ2n) is 10.8. The molecule has 0 spiro atoms. The number of carbonyl (C=O) groups excluding carboxylic acids is 2. The molecule has 2 heterocycles. The topological polar surface area (TPSA) is 117 Å². The van der Waals surface area contributed by atoms with Gasteiger partial charge in [-0.2, -0.15) is 15.5 Å². The van der Waals surface area contributed by atoms with Crippen molar-refractivity contribution in [2.45, 2.75) is 89.5 Å². The van der Waals surface area contributed by atoms with Gasteiger partial charge < -0.3 is 14.8 Å². The van der Waals surface area contributed by atoms with Gasteiger partial charge in [-0.05, 0) is 83.9 Å². The van der Waals surface area contributed by atoms with Gasteiger partial charge in [0.25, 0.3) is 5.91 Å². The number of hydrogen-bond donors (Lipinski definition) is 1. The summed E-state index contributed by atoms with van der Waals surface area (Å²) in [7, 11) is 0. The van der Waals surface area contributed by atoms with Crippen LogP contribution in [0, 0.1) is 11.3 Å². The number of nitriles is 1. The number of nitrogens with zero attached hydrogens (tertiary/aromatic N) is 4. The van der Waals surface area contributed by atoms with Gasteiger partial charge in [0.15, 0.2) is 0 Å². The molecule has 2 aliphatic rings. The summed E-state index contributed by atoms with van der Waals surface area (Å²) in [5.74, 6) is 0.420. The number of hydrogen-bond acceptors (Lipinski definition) is 7. The molecule has 1 saturated heterocycles. The van der Waals surface area contributed by atoms with Crippen molar-refractivity contribution < 1.29 is 19.1 Å². The Balaban J connectivity index is 1.38. The molecule has 2 amide bonds. The number of amides is 2. The molecule has 0 radical (unpaired) electrons. The Kier molecular flexibility index (Phi) is 8.72. The third kappa shape index (κ3) is 6.93. The van der Waals surface area contributed by atoms with Crippen molar-refractivity contribution in [1.29, 1.82) is 5.26 Å². The summed E-state index contributed by atoms with van der Waals surface area (Å²) in [5.41, 5.74) is 0.741. The van der Waals surface area contributed by atoms with Crippen LogP contribution in [0.2, 0.25) is 5.02 Å². The normalized spacial score (nSPS) is 21.8. The average molecular weight is 540 g/mol. The number of benzene rings is 1. The lowest BCUT2D eigenvalue weighted by molar-refractivity contribution is 0.00872. The summed E-state index contributed by atoms with van der Waals surface area (Å²) in [5, 5.41) is 20.9. The number of halogens is 1. The third-order valence-electron chi connectivity index (χ3n) is 6.81. The first-order valence-electron chi connectivity index (χ1n) is 13.1. The lowest BCUT2D eigenvalue weighted by Crippen LogP contribution is -2.44. The van der Waals surface area contributed by atoms with E-state index in [1.165, 1.54) is 6.20 Å². The summed E-state index contributed by atoms with van der Waals surface area (Å²) in [6, 6.07) is 8.42. The van der Waals surface area contributed by atoms with Crippen LogP contribution in [0.4, 0.5) is 4.79 Å². The molecule has 1 saturated carbocycles. The first kappa shape index (κ1) is 27.6. The number of nitrogens with one attached hydrogen (secondary N) is 1. The van der Waals surface area contributed by atoms with E-state index < -0.39 is 11.7 Å². The summed E-state index contributed by atoms with van der Waals surface area (Å²) in [6.45, 7) is 6.06. The standard InChI is InChI=1S/C28H34ClN5O4/c1-28(2,3)38-27(36)34-15-5-4-6-24(34)25-22(13-14-31-33-25)26(35)32-19-8-11-20(12-9-19)37-21-10-7-18(17-30)23(29)16-21/h7,10,13-14,16,19-20,24H,4-6,8-9,11-12,15H2,1-3H3,(H,32,35). The molecule has 0 bridgehead atoms. The fourth-order valence-electron chi connectivity index (χ4n) is 4.98. The maximum atomic E-state index is 13.4. The van der Waals surface area contributed by atoms with Gasteiger partial charge >= 0.3 is 6.09 Å². The van der Waals surface area contributed by atoms with E-state index >= 15 is 0 Å². The average Bonchev–Trinajstić information content (AvgIpc) is 2.89. The molecule has 2 fully saturated rings. The summed E-state index contributed by atoms with van der Waals surface area (Å²) in [6.07, 6.45) is 6.69. The summed E-state index contributed by atoms with van der Waals surface area (Å²) in [4.78, 5) is 28.0. The first-order valence-corrected chi connectivity index (χ1v) is 13.5. The van der Waals surface area contributed by atoms with E-state index in [0.29, 0.717) is 40.6 Å². The number of piperidine rings is 1. The van der Waals surface area contributed by atoms with Crippen molar-refractivity contribution in [2.24, 2.45) is 0 Å². The van der Waals surface area contributed by atoms with Crippen molar-refractivity contribution in [3.8, 4) is 11.8 Å². The van der Waals surface area contributed by atoms with Crippen molar-refractivity contribution in [1.82, 2.24) is 20.4 Å². The number of carbonyl (C=O) groups is 2. The van der Waals surface area contributed by atoms with Crippen LogP contribution in [0.15, 0.2) is 30.5 Å². The quantitative estimate of drug-likeness (QED) is 0.526. The van der Waals surface area contributed by atoms with Crippen LogP contribution < -0.4 is 10.1 Å². The zero-order chi connectivity index (χ0) is 27.3. The highest BCUT2D eigenvalue weighted by molar-refractivity contribution is 6.31. The predicted octanol–water partition coefficient (Wildman–Crippen LogP) is 5.58. The molecular formula is C28H34ClN5O4. The summed E-state index contributed by atoms with van der Waals surface area (Å²) < 4.78 is 11.7. The van der Waals surface area contributed by atoms with Crippen molar-refractivity contribution in [3.63, 3.8) is 0 Å². The third-order valence-corrected chi connectivity index (χ3v) is 7.13. The van der Waals surface area contributed by atoms with Crippen LogP contribution in [0.25, 0.3) is 0 Å². The SMILES string of the molecule is CC(C)(C)OC(=O)N1CCCCC1c1nnccc1C(=O)NC1CCC(Oc2ccc(C#N)c(Cl)c2)CC1. The molecule has 4 rings (SSSR count). The van der Waals surface area contributed by atoms with Gasteiger partial charge in [-0.3, -0.25) is 9.69 Å². The Bertz CT molecular complexity index is 1200. The fourth-order valence-corrected chi connectivity index (χ4v) is 5.19. The van der Waals surface area contributed by atoms with Gasteiger partial charge in [0.05, 0.1) is 40.2 Å². The van der Waals surface area contributed by atoms with Crippen LogP contribution in [0.1, 0.15) is 93.4 Å². The molecular weight excluding hydrogens is 506 g/mol. The minimum atomic E-state index is -0.615. The van der Waals surface area contributed by atoms with E-state index in [9.17, 15) is 9.59 Å². The fraction of sp³-hybridized carbons (Fsp3) is 0.536. The molecule has 10 heteroatoms. The predicted molar refractivity (Wildman–Crippen MR) is 142 cm³/mol. The van der Waals surface area contributed by atoms with Crippen LogP contribution in [0.3, 0.4) is 0 Å². The van der Waals surface area contributed by atoms with E-state index in [2.05, 4.69) is 15.5 Å². The minimum absolute atomic E-state index is 0.00114. The Hall–Kier alpha value is -3.38. The van der Waals surface area contributed by atoms with E-state index in [1.807, 2.05) is 26.8 Å². The smallest absolute Gasteiger partial charge is 0.410 e. The Labute approximate surface area is 228 Å². The summed E-state index contributed by atoms with van der Waals surface area (Å²) >= 11 is 6.12. The van der Waals surface area contributed by atoms with E-state index in [4.69, 9.17) is 26.3 Å². The van der Waals surface area contributed by atoms with Gasteiger partial charge in [-0.15, -0.1) is 0 Å². The minimum Gasteiger partial charge on any atom is -0.490 e. The Morgan fingerprint density at radius 3 is 2.58 bits per heavy atom. The highest BCUT2D eigenvalue weighted by Crippen LogP contribution is 2.33. The number of likely N-dealkylation sites (tertiary alicyclic amines) is 1. The second-order valence-corrected chi connectivity index (χ2v) is 11.2. The largest absolute Gasteiger partial charge is 0.490 e. The Morgan fingerprint density at radius 1 is 1.13 bits per heavy atom. The lowest BCUT2D eigenvalue weighted by atomic mass is 9.92. The monoisotopic (exact) mass is 539 g/mol. The molecule has 38 heavy (non-hydrogen) atoms. The van der Waals surface area contributed by atoms with Crippen molar-refractivity contribution in [3.05, 3.63) is 52.3 Å². The van der Waals surface area contributed by atoms with Crippen molar-refractivity contribution >= 4 is 23.6 Å². The molecule has 1 aliphatic heterocycles. The van der Waals surface area contributed by atoms with Crippen LogP contribution in [-0.2, 0) is 4.74 Å². The van der Waals surface area contributed by atoms with E-state index in [1.54, 1.807) is 29.2 Å². The van der Waals surface area contributed by atoms with Gasteiger partial charge in [0.2, 0.25) is 0 Å². The molecule has 1 atom stereocenters. The van der Waals surface area contributed by atoms with E-state index in [0.717, 1.165) is 38.5 Å². The highest BCUT2D eigenvalue weighted by atomic mass is 35.5. The van der Waals surface area contributed by atoms with Gasteiger partial charge in [-0.25, -0.2) is 4.79 Å². The van der Waals surface area contributed by atoms with Crippen LogP contribution in [-0.4, -0.2) is 51.4 Å². The molecule has 202 valence electrons. The molecule has 1 aromatic heterocycles. The van der Waals surface area contributed by atoms with Crippen LogP contribution >= 0.6 is 11.6 Å². The van der Waals surface area contributed by atoms with Crippen LogP contribution in [0.5, 0.6) is 5.75 Å².